The molecule has 1 N–H and O–H groups in total. The summed E-state index contributed by atoms with van der Waals surface area (Å²) in [6.07, 6.45) is 0. The van der Waals surface area contributed by atoms with Gasteiger partial charge in [0.25, 0.3) is 5.91 Å². The maximum atomic E-state index is 13.6. The van der Waals surface area contributed by atoms with E-state index in [0.717, 1.165) is 24.8 Å². The molecule has 0 bridgehead atoms. The Labute approximate surface area is 136 Å². The van der Waals surface area contributed by atoms with Gasteiger partial charge in [0, 0.05) is 23.4 Å². The number of furan rings is 1. The van der Waals surface area contributed by atoms with E-state index in [1.807, 2.05) is 30.3 Å². The predicted molar refractivity (Wildman–Crippen MR) is 85.0 cm³/mol. The molecule has 3 rings (SSSR count). The first kappa shape index (κ1) is 15.7. The maximum Gasteiger partial charge on any atom is 0.291 e. The zero-order valence-electron chi connectivity index (χ0n) is 12.7. The first-order valence-corrected chi connectivity index (χ1v) is 7.08. The van der Waals surface area contributed by atoms with Gasteiger partial charge in [-0.15, -0.1) is 0 Å². The Kier molecular flexibility index (Phi) is 4.29. The third-order valence-electron chi connectivity index (χ3n) is 3.35. The number of hydrogen-bond donors (Lipinski definition) is 1. The van der Waals surface area contributed by atoms with Gasteiger partial charge >= 0.3 is 0 Å². The third-order valence-corrected chi connectivity index (χ3v) is 3.35. The van der Waals surface area contributed by atoms with Crippen molar-refractivity contribution in [2.75, 3.05) is 12.4 Å². The third kappa shape index (κ3) is 3.12. The van der Waals surface area contributed by atoms with Crippen molar-refractivity contribution in [3.8, 4) is 17.1 Å². The van der Waals surface area contributed by atoms with Crippen LogP contribution in [0, 0.1) is 11.6 Å². The van der Waals surface area contributed by atoms with Gasteiger partial charge in [0.1, 0.15) is 5.76 Å². The van der Waals surface area contributed by atoms with Gasteiger partial charge in [0.05, 0.1) is 7.11 Å². The SMILES string of the molecule is COc1c(F)cc(NC(=O)c2ccc(-c3ccccc3)o2)cc1F. The molecule has 0 aliphatic carbocycles. The first-order chi connectivity index (χ1) is 11.6. The van der Waals surface area contributed by atoms with Crippen LogP contribution in [0.1, 0.15) is 10.6 Å². The number of nitrogens with one attached hydrogen (secondary N) is 1. The fourth-order valence-electron chi connectivity index (χ4n) is 2.24. The van der Waals surface area contributed by atoms with E-state index in [9.17, 15) is 13.6 Å². The van der Waals surface area contributed by atoms with Crippen LogP contribution >= 0.6 is 0 Å². The van der Waals surface area contributed by atoms with Crippen molar-refractivity contribution in [2.24, 2.45) is 0 Å². The van der Waals surface area contributed by atoms with E-state index in [2.05, 4.69) is 10.1 Å². The molecular weight excluding hydrogens is 316 g/mol. The molecular formula is C18H13F2NO3. The highest BCUT2D eigenvalue weighted by atomic mass is 19.1. The molecule has 0 aliphatic heterocycles. The van der Waals surface area contributed by atoms with Gasteiger partial charge in [0.15, 0.2) is 23.1 Å². The monoisotopic (exact) mass is 329 g/mol. The number of ether oxygens (including phenoxy) is 1. The van der Waals surface area contributed by atoms with E-state index in [1.165, 1.54) is 6.07 Å². The van der Waals surface area contributed by atoms with Gasteiger partial charge in [-0.05, 0) is 12.1 Å². The van der Waals surface area contributed by atoms with Gasteiger partial charge in [-0.25, -0.2) is 8.78 Å². The minimum atomic E-state index is -0.905. The Morgan fingerprint density at radius 3 is 2.33 bits per heavy atom. The molecule has 0 fully saturated rings. The highest BCUT2D eigenvalue weighted by Gasteiger charge is 2.16. The van der Waals surface area contributed by atoms with Crippen molar-refractivity contribution in [1.29, 1.82) is 0 Å². The van der Waals surface area contributed by atoms with E-state index in [4.69, 9.17) is 4.42 Å². The summed E-state index contributed by atoms with van der Waals surface area (Å²) in [5.74, 6) is -2.37. The van der Waals surface area contributed by atoms with Gasteiger partial charge in [-0.1, -0.05) is 30.3 Å². The van der Waals surface area contributed by atoms with E-state index in [1.54, 1.807) is 6.07 Å². The molecule has 4 nitrogen and oxygen atoms in total. The lowest BCUT2D eigenvalue weighted by Gasteiger charge is -2.07. The van der Waals surface area contributed by atoms with Crippen LogP contribution in [0.4, 0.5) is 14.5 Å². The van der Waals surface area contributed by atoms with Gasteiger partial charge in [-0.3, -0.25) is 4.79 Å². The number of hydrogen-bond acceptors (Lipinski definition) is 3. The summed E-state index contributed by atoms with van der Waals surface area (Å²) in [5, 5.41) is 2.39. The summed E-state index contributed by atoms with van der Waals surface area (Å²) >= 11 is 0. The fraction of sp³-hybridized carbons (Fsp3) is 0.0556. The van der Waals surface area contributed by atoms with Crippen molar-refractivity contribution in [2.45, 2.75) is 0 Å². The molecule has 1 aromatic heterocycles. The van der Waals surface area contributed by atoms with E-state index in [-0.39, 0.29) is 11.4 Å². The van der Waals surface area contributed by atoms with Crippen LogP contribution in [0.15, 0.2) is 59.0 Å². The number of benzene rings is 2. The molecule has 3 aromatic rings. The topological polar surface area (TPSA) is 51.5 Å². The normalized spacial score (nSPS) is 10.5. The molecule has 0 saturated heterocycles. The van der Waals surface area contributed by atoms with Gasteiger partial charge in [0.2, 0.25) is 0 Å². The van der Waals surface area contributed by atoms with Crippen LogP contribution in [0.25, 0.3) is 11.3 Å². The van der Waals surface area contributed by atoms with E-state index in [0.29, 0.717) is 5.76 Å². The van der Waals surface area contributed by atoms with E-state index >= 15 is 0 Å². The van der Waals surface area contributed by atoms with Crippen LogP contribution in [-0.2, 0) is 0 Å². The van der Waals surface area contributed by atoms with Gasteiger partial charge < -0.3 is 14.5 Å². The molecule has 0 aliphatic rings. The Bertz CT molecular complexity index is 852. The van der Waals surface area contributed by atoms with Crippen molar-refractivity contribution in [3.63, 3.8) is 0 Å². The molecule has 0 spiro atoms. The molecule has 6 heteroatoms. The molecule has 0 atom stereocenters. The zero-order valence-corrected chi connectivity index (χ0v) is 12.7. The van der Waals surface area contributed by atoms with Crippen molar-refractivity contribution >= 4 is 11.6 Å². The summed E-state index contributed by atoms with van der Waals surface area (Å²) in [6, 6.07) is 14.3. The number of anilines is 1. The highest BCUT2D eigenvalue weighted by molar-refractivity contribution is 6.02. The summed E-state index contributed by atoms with van der Waals surface area (Å²) in [6.45, 7) is 0. The average Bonchev–Trinajstić information content (AvgIpc) is 3.05. The van der Waals surface area contributed by atoms with Crippen LogP contribution in [0.2, 0.25) is 0 Å². The lowest BCUT2D eigenvalue weighted by Crippen LogP contribution is -2.11. The van der Waals surface area contributed by atoms with Crippen molar-refractivity contribution < 1.29 is 22.7 Å². The smallest absolute Gasteiger partial charge is 0.291 e. The second-order valence-corrected chi connectivity index (χ2v) is 4.96. The molecule has 0 saturated carbocycles. The van der Waals surface area contributed by atoms with Crippen LogP contribution in [-0.4, -0.2) is 13.0 Å². The number of halogens is 2. The average molecular weight is 329 g/mol. The second-order valence-electron chi connectivity index (χ2n) is 4.96. The molecule has 122 valence electrons. The van der Waals surface area contributed by atoms with Crippen molar-refractivity contribution in [1.82, 2.24) is 0 Å². The minimum Gasteiger partial charge on any atom is -0.491 e. The first-order valence-electron chi connectivity index (χ1n) is 7.08. The minimum absolute atomic E-state index is 0.0329. The number of rotatable bonds is 4. The Balaban J connectivity index is 1.80. The number of carbonyl (C=O) groups excluding carboxylic acids is 1. The maximum absolute atomic E-state index is 13.6. The Hall–Kier alpha value is -3.15. The number of methoxy groups -OCH3 is 1. The number of carbonyl (C=O) groups is 1. The van der Waals surface area contributed by atoms with Crippen LogP contribution < -0.4 is 10.1 Å². The fourth-order valence-corrected chi connectivity index (χ4v) is 2.24. The molecule has 2 aromatic carbocycles. The van der Waals surface area contributed by atoms with Crippen molar-refractivity contribution in [3.05, 3.63) is 72.0 Å². The summed E-state index contributed by atoms with van der Waals surface area (Å²) < 4.78 is 37.4. The summed E-state index contributed by atoms with van der Waals surface area (Å²) in [7, 11) is 1.16. The van der Waals surface area contributed by atoms with Crippen LogP contribution in [0.3, 0.4) is 0 Å². The standard InChI is InChI=1S/C18H13F2NO3/c1-23-17-13(19)9-12(10-14(17)20)21-18(22)16-8-7-15(24-16)11-5-3-2-4-6-11/h2-10H,1H3,(H,21,22). The molecule has 0 unspecified atom stereocenters. The highest BCUT2D eigenvalue weighted by Crippen LogP contribution is 2.26. The summed E-state index contributed by atoms with van der Waals surface area (Å²) in [5.41, 5.74) is 0.784. The lowest BCUT2D eigenvalue weighted by atomic mass is 10.2. The quantitative estimate of drug-likeness (QED) is 0.767. The largest absolute Gasteiger partial charge is 0.491 e. The van der Waals surface area contributed by atoms with Gasteiger partial charge in [-0.2, -0.15) is 0 Å². The Morgan fingerprint density at radius 1 is 1.04 bits per heavy atom. The Morgan fingerprint density at radius 2 is 1.71 bits per heavy atom. The van der Waals surface area contributed by atoms with E-state index < -0.39 is 23.3 Å². The molecule has 0 radical (unpaired) electrons. The van der Waals surface area contributed by atoms with Crippen LogP contribution in [0.5, 0.6) is 5.75 Å². The summed E-state index contributed by atoms with van der Waals surface area (Å²) in [4.78, 5) is 12.2. The number of amides is 1. The molecule has 1 amide bonds. The molecule has 1 heterocycles. The zero-order chi connectivity index (χ0) is 17.1. The second kappa shape index (κ2) is 6.54. The lowest BCUT2D eigenvalue weighted by molar-refractivity contribution is 0.0997. The molecule has 24 heavy (non-hydrogen) atoms. The predicted octanol–water partition coefficient (Wildman–Crippen LogP) is 4.49.